The first kappa shape index (κ1) is 42.7. The Morgan fingerprint density at radius 3 is 1.82 bits per heavy atom. The summed E-state index contributed by atoms with van der Waals surface area (Å²) < 4.78 is 65.7. The maximum atomic E-state index is 13.4. The lowest BCUT2D eigenvalue weighted by molar-refractivity contribution is -0.123. The molecule has 4 aromatic carbocycles. The molecule has 0 aliphatic carbocycles. The van der Waals surface area contributed by atoms with Gasteiger partial charge in [-0.05, 0) is 77.8 Å². The number of rotatable bonds is 16. The zero-order valence-corrected chi connectivity index (χ0v) is 35.3. The maximum Gasteiger partial charge on any atom is 0.285 e. The van der Waals surface area contributed by atoms with Gasteiger partial charge in [0.05, 0.1) is 6.54 Å². The van der Waals surface area contributed by atoms with E-state index in [2.05, 4.69) is 27.8 Å². The molecule has 0 radical (unpaired) electrons. The van der Waals surface area contributed by atoms with E-state index in [1.54, 1.807) is 79.1 Å². The predicted octanol–water partition coefficient (Wildman–Crippen LogP) is 6.58. The van der Waals surface area contributed by atoms with E-state index in [9.17, 15) is 26.4 Å². The lowest BCUT2D eigenvalue weighted by atomic mass is 10.1. The van der Waals surface area contributed by atoms with E-state index in [0.29, 0.717) is 41.2 Å². The van der Waals surface area contributed by atoms with Crippen molar-refractivity contribution in [1.29, 1.82) is 0 Å². The molecule has 316 valence electrons. The normalized spacial score (nSPS) is 16.1. The fourth-order valence-electron chi connectivity index (χ4n) is 7.11. The van der Waals surface area contributed by atoms with Crippen LogP contribution in [0.4, 0.5) is 0 Å². The molecule has 61 heavy (non-hydrogen) atoms. The molecule has 5 aromatic rings. The number of unbranched alkanes of at least 4 members (excludes halogenated alkanes) is 2. The highest BCUT2D eigenvalue weighted by Crippen LogP contribution is 2.37. The number of hydrogen-bond donors (Lipinski definition) is 2. The Morgan fingerprint density at radius 1 is 0.607 bits per heavy atom. The number of carbonyl (C=O) groups is 2. The van der Waals surface area contributed by atoms with E-state index in [4.69, 9.17) is 9.47 Å². The minimum atomic E-state index is -3.98. The summed E-state index contributed by atoms with van der Waals surface area (Å²) in [6.07, 6.45) is 7.26. The van der Waals surface area contributed by atoms with Crippen LogP contribution in [0.5, 0.6) is 11.5 Å². The van der Waals surface area contributed by atoms with Gasteiger partial charge in [-0.2, -0.15) is 0 Å². The van der Waals surface area contributed by atoms with Crippen LogP contribution in [0, 0.1) is 0 Å². The second-order valence-electron chi connectivity index (χ2n) is 14.5. The van der Waals surface area contributed by atoms with Crippen LogP contribution in [-0.4, -0.2) is 62.1 Å². The number of amides is 2. The summed E-state index contributed by atoms with van der Waals surface area (Å²) in [6, 6.07) is 36.6. The van der Waals surface area contributed by atoms with E-state index in [1.165, 1.54) is 5.56 Å². The molecule has 0 spiro atoms. The second kappa shape index (κ2) is 19.3. The van der Waals surface area contributed by atoms with Gasteiger partial charge in [-0.15, -0.1) is 0 Å². The largest absolute Gasteiger partial charge is 0.454 e. The van der Waals surface area contributed by atoms with Crippen molar-refractivity contribution < 1.29 is 35.9 Å². The number of pyridine rings is 1. The van der Waals surface area contributed by atoms with Crippen molar-refractivity contribution in [2.24, 2.45) is 0 Å². The van der Waals surface area contributed by atoms with Gasteiger partial charge in [0, 0.05) is 32.0 Å². The van der Waals surface area contributed by atoms with Crippen LogP contribution in [-0.2, 0) is 49.1 Å². The average molecular weight is 862 g/mol. The standard InChI is InChI=1S/C25H25N3O3S.C21H22N2O5S/c29-25-23(27-16-8-7-11-20-9-3-1-4-10-20)24(22-12-5-2-6-13-22)32(30,31)28(25)19-21-14-17-26-18-15-21;1-2-3-11-23-21(24)19(20(29(23,25)26)16-7-5-4-6-8-16)22-13-15-9-10-17-18(12-15)28-14-27-17/h1-6,9-10,12-15,17-18,27H,7-8,11,16,19H2;4-10,12,22H,2-3,11,13-14H2,1H3. The number of carbonyl (C=O) groups excluding carboxylic acids is 2. The fourth-order valence-corrected chi connectivity index (χ4v) is 10.6. The van der Waals surface area contributed by atoms with Crippen LogP contribution >= 0.6 is 0 Å². The molecule has 3 aliphatic heterocycles. The Balaban J connectivity index is 0.000000185. The molecule has 2 amide bonds. The maximum absolute atomic E-state index is 13.4. The topological polar surface area (TPSA) is 164 Å². The van der Waals surface area contributed by atoms with Gasteiger partial charge in [0.2, 0.25) is 6.79 Å². The molecule has 2 N–H and O–H groups in total. The number of aromatic nitrogens is 1. The highest BCUT2D eigenvalue weighted by molar-refractivity contribution is 8.00. The van der Waals surface area contributed by atoms with Gasteiger partial charge in [0.25, 0.3) is 31.9 Å². The first-order valence-corrected chi connectivity index (χ1v) is 23.0. The second-order valence-corrected chi connectivity index (χ2v) is 18.1. The number of nitrogens with zero attached hydrogens (tertiary/aromatic N) is 3. The smallest absolute Gasteiger partial charge is 0.285 e. The molecule has 0 atom stereocenters. The molecule has 0 unspecified atom stereocenters. The molecule has 4 heterocycles. The van der Waals surface area contributed by atoms with Gasteiger partial charge >= 0.3 is 0 Å². The van der Waals surface area contributed by atoms with E-state index in [-0.39, 0.29) is 47.6 Å². The summed E-state index contributed by atoms with van der Waals surface area (Å²) in [4.78, 5) is 30.2. The van der Waals surface area contributed by atoms with E-state index in [0.717, 1.165) is 39.9 Å². The van der Waals surface area contributed by atoms with Crippen molar-refractivity contribution in [2.45, 2.75) is 52.1 Å². The van der Waals surface area contributed by atoms with Crippen LogP contribution in [0.25, 0.3) is 9.81 Å². The van der Waals surface area contributed by atoms with E-state index in [1.807, 2.05) is 49.4 Å². The Bertz CT molecular complexity index is 2630. The number of ether oxygens (including phenoxy) is 2. The Morgan fingerprint density at radius 2 is 1.18 bits per heavy atom. The summed E-state index contributed by atoms with van der Waals surface area (Å²) >= 11 is 0. The number of nitrogens with one attached hydrogen (secondary N) is 2. The Hall–Kier alpha value is -6.45. The minimum absolute atomic E-state index is 0.0277. The van der Waals surface area contributed by atoms with Gasteiger partial charge in [0.1, 0.15) is 21.2 Å². The van der Waals surface area contributed by atoms with Crippen LogP contribution in [0.1, 0.15) is 60.4 Å². The minimum Gasteiger partial charge on any atom is -0.454 e. The molecule has 0 saturated carbocycles. The summed E-state index contributed by atoms with van der Waals surface area (Å²) in [5, 5.41) is 6.20. The molecule has 0 saturated heterocycles. The summed E-state index contributed by atoms with van der Waals surface area (Å²) in [5.41, 5.74) is 4.06. The molecule has 15 heteroatoms. The third-order valence-electron chi connectivity index (χ3n) is 10.2. The van der Waals surface area contributed by atoms with E-state index < -0.39 is 31.9 Å². The van der Waals surface area contributed by atoms with Crippen LogP contribution < -0.4 is 20.1 Å². The lowest BCUT2D eigenvalue weighted by Gasteiger charge is -2.16. The molecule has 3 aliphatic rings. The van der Waals surface area contributed by atoms with E-state index >= 15 is 0 Å². The highest BCUT2D eigenvalue weighted by atomic mass is 32.2. The van der Waals surface area contributed by atoms with Crippen LogP contribution in [0.3, 0.4) is 0 Å². The first-order valence-electron chi connectivity index (χ1n) is 20.1. The zero-order valence-electron chi connectivity index (χ0n) is 33.7. The summed E-state index contributed by atoms with van der Waals surface area (Å²) in [7, 11) is -7.89. The van der Waals surface area contributed by atoms with Gasteiger partial charge in [-0.1, -0.05) is 110 Å². The number of sulfonamides is 2. The highest BCUT2D eigenvalue weighted by Gasteiger charge is 2.45. The van der Waals surface area contributed by atoms with Gasteiger partial charge in [-0.3, -0.25) is 14.6 Å². The predicted molar refractivity (Wildman–Crippen MR) is 233 cm³/mol. The number of fused-ring (bicyclic) bond motifs is 1. The molecule has 13 nitrogen and oxygen atoms in total. The molecule has 8 rings (SSSR count). The molecule has 0 fully saturated rings. The van der Waals surface area contributed by atoms with Gasteiger partial charge < -0.3 is 20.1 Å². The van der Waals surface area contributed by atoms with Gasteiger partial charge in [-0.25, -0.2) is 25.4 Å². The van der Waals surface area contributed by atoms with Crippen LogP contribution in [0.2, 0.25) is 0 Å². The van der Waals surface area contributed by atoms with Gasteiger partial charge in [0.15, 0.2) is 11.5 Å². The summed E-state index contributed by atoms with van der Waals surface area (Å²) in [6.45, 7) is 3.08. The fraction of sp³-hybridized carbons (Fsp3) is 0.239. The Labute approximate surface area is 356 Å². The zero-order chi connectivity index (χ0) is 42.8. The number of benzene rings is 4. The molecule has 1 aromatic heterocycles. The first-order chi connectivity index (χ1) is 29.6. The lowest BCUT2D eigenvalue weighted by Crippen LogP contribution is -2.34. The van der Waals surface area contributed by atoms with Crippen molar-refractivity contribution in [2.75, 3.05) is 19.9 Å². The van der Waals surface area contributed by atoms with Crippen molar-refractivity contribution in [1.82, 2.24) is 24.2 Å². The van der Waals surface area contributed by atoms with Crippen molar-refractivity contribution in [3.8, 4) is 11.5 Å². The van der Waals surface area contributed by atoms with Crippen molar-refractivity contribution in [3.63, 3.8) is 0 Å². The molecule has 0 bridgehead atoms. The van der Waals surface area contributed by atoms with Crippen molar-refractivity contribution >= 4 is 41.7 Å². The third kappa shape index (κ3) is 9.63. The molecular formula is C46H47N5O8S2. The molecular weight excluding hydrogens is 815 g/mol. The third-order valence-corrected chi connectivity index (χ3v) is 14.0. The van der Waals surface area contributed by atoms with Crippen LogP contribution in [0.15, 0.2) is 145 Å². The SMILES string of the molecule is CCCCN1C(=O)C(NCc2ccc3c(c2)OCO3)=C(c2ccccc2)S1(=O)=O.O=C1C(NCCCCc2ccccc2)=C(c2ccccc2)S(=O)(=O)N1Cc1ccncc1. The number of hydrogen-bond acceptors (Lipinski definition) is 11. The summed E-state index contributed by atoms with van der Waals surface area (Å²) in [5.74, 6) is 0.265. The van der Waals surface area contributed by atoms with Crippen molar-refractivity contribution in [3.05, 3.63) is 173 Å². The average Bonchev–Trinajstić information content (AvgIpc) is 3.88. The number of aryl methyl sites for hydroxylation is 1. The Kier molecular flexibility index (Phi) is 13.5. The monoisotopic (exact) mass is 861 g/mol. The quantitative estimate of drug-likeness (QED) is 0.103.